The molecule has 0 aliphatic heterocycles. The number of carboxylic acid groups (broad SMARTS) is 1. The summed E-state index contributed by atoms with van der Waals surface area (Å²) in [6.07, 6.45) is -8.06. The van der Waals surface area contributed by atoms with Gasteiger partial charge in [0.1, 0.15) is 5.60 Å². The highest BCUT2D eigenvalue weighted by molar-refractivity contribution is 5.81. The summed E-state index contributed by atoms with van der Waals surface area (Å²) in [4.78, 5) is 24.1. The topological polar surface area (TPSA) is 63.6 Å². The summed E-state index contributed by atoms with van der Waals surface area (Å²) in [6.45, 7) is 4.63. The smallest absolute Gasteiger partial charge is 0.389 e. The number of hydrogen-bond donors (Lipinski definition) is 1. The molecule has 26 heavy (non-hydrogen) atoms. The molecule has 2 unspecified atom stereocenters. The summed E-state index contributed by atoms with van der Waals surface area (Å²) in [5.74, 6) is -9.17. The van der Waals surface area contributed by atoms with Crippen LogP contribution in [-0.4, -0.2) is 34.7 Å². The second kappa shape index (κ2) is 8.08. The first-order valence-corrected chi connectivity index (χ1v) is 8.51. The molecule has 0 heterocycles. The molecule has 0 aromatic carbocycles. The minimum atomic E-state index is -4.58. The molecule has 152 valence electrons. The number of rotatable bonds is 6. The molecule has 0 radical (unpaired) electrons. The van der Waals surface area contributed by atoms with E-state index in [1.165, 1.54) is 0 Å². The van der Waals surface area contributed by atoms with Gasteiger partial charge in [0.25, 0.3) is 0 Å². The summed E-state index contributed by atoms with van der Waals surface area (Å²) in [5, 5.41) is 9.40. The van der Waals surface area contributed by atoms with Gasteiger partial charge in [-0.2, -0.15) is 13.2 Å². The van der Waals surface area contributed by atoms with Gasteiger partial charge >= 0.3 is 18.1 Å². The molecule has 0 amide bonds. The van der Waals surface area contributed by atoms with Gasteiger partial charge in [-0.25, -0.2) is 8.78 Å². The minimum absolute atomic E-state index is 0.132. The predicted octanol–water partition coefficient (Wildman–Crippen LogP) is 4.81. The van der Waals surface area contributed by atoms with Crippen molar-refractivity contribution in [3.63, 3.8) is 0 Å². The van der Waals surface area contributed by atoms with Crippen LogP contribution in [0.5, 0.6) is 0 Å². The van der Waals surface area contributed by atoms with Crippen molar-refractivity contribution < 1.29 is 41.4 Å². The van der Waals surface area contributed by atoms with Gasteiger partial charge in [-0.3, -0.25) is 9.59 Å². The van der Waals surface area contributed by atoms with E-state index in [1.807, 2.05) is 0 Å². The van der Waals surface area contributed by atoms with E-state index in [0.29, 0.717) is 0 Å². The fraction of sp³-hybridized carbons (Fsp3) is 0.882. The molecule has 0 saturated heterocycles. The van der Waals surface area contributed by atoms with Gasteiger partial charge in [-0.05, 0) is 46.0 Å². The highest BCUT2D eigenvalue weighted by Crippen LogP contribution is 2.43. The lowest BCUT2D eigenvalue weighted by molar-refractivity contribution is -0.175. The summed E-state index contributed by atoms with van der Waals surface area (Å²) in [7, 11) is 0. The molecule has 1 rings (SSSR count). The van der Waals surface area contributed by atoms with Crippen LogP contribution in [0.3, 0.4) is 0 Å². The fourth-order valence-electron chi connectivity index (χ4n) is 3.25. The van der Waals surface area contributed by atoms with Crippen LogP contribution in [0.4, 0.5) is 22.0 Å². The second-order valence-corrected chi connectivity index (χ2v) is 7.85. The molecule has 4 nitrogen and oxygen atoms in total. The van der Waals surface area contributed by atoms with Crippen LogP contribution in [0.1, 0.15) is 59.3 Å². The van der Waals surface area contributed by atoms with Crippen molar-refractivity contribution in [1.29, 1.82) is 0 Å². The van der Waals surface area contributed by atoms with Crippen molar-refractivity contribution in [2.45, 2.75) is 77.0 Å². The van der Waals surface area contributed by atoms with E-state index in [2.05, 4.69) is 0 Å². The summed E-state index contributed by atoms with van der Waals surface area (Å²) < 4.78 is 69.6. The monoisotopic (exact) mass is 388 g/mol. The third kappa shape index (κ3) is 7.45. The molecule has 2 atom stereocenters. The first kappa shape index (κ1) is 22.6. The number of aliphatic carboxylic acids is 1. The molecular formula is C17H25F5O4. The Morgan fingerprint density at radius 1 is 1.15 bits per heavy atom. The van der Waals surface area contributed by atoms with Gasteiger partial charge < -0.3 is 9.84 Å². The van der Waals surface area contributed by atoms with Gasteiger partial charge in [-0.15, -0.1) is 0 Å². The highest BCUT2D eigenvalue weighted by atomic mass is 19.4. The fourth-order valence-corrected chi connectivity index (χ4v) is 3.25. The molecule has 0 bridgehead atoms. The van der Waals surface area contributed by atoms with Crippen LogP contribution in [0.25, 0.3) is 0 Å². The molecule has 1 aliphatic carbocycles. The minimum Gasteiger partial charge on any atom is -0.481 e. The maximum Gasteiger partial charge on any atom is 0.389 e. The standard InChI is InChI=1S/C17H25F5O4/c1-15(2,3)26-14(25)12(10-4-7-16(18,19)8-5-10)11(13(23)24)6-9-17(20,21)22/h10-12H,4-9H2,1-3H3,(H,23,24). The van der Waals surface area contributed by atoms with Crippen molar-refractivity contribution in [3.8, 4) is 0 Å². The van der Waals surface area contributed by atoms with Gasteiger partial charge in [0.05, 0.1) is 11.8 Å². The van der Waals surface area contributed by atoms with E-state index >= 15 is 0 Å². The Balaban J connectivity index is 3.07. The van der Waals surface area contributed by atoms with Crippen LogP contribution in [0.2, 0.25) is 0 Å². The molecule has 9 heteroatoms. The number of halogens is 5. The number of alkyl halides is 5. The predicted molar refractivity (Wildman–Crippen MR) is 82.7 cm³/mol. The average molecular weight is 388 g/mol. The maximum atomic E-state index is 13.4. The molecule has 1 aliphatic rings. The zero-order chi connectivity index (χ0) is 20.3. The molecule has 1 saturated carbocycles. The summed E-state index contributed by atoms with van der Waals surface area (Å²) in [5.41, 5.74) is -0.971. The first-order chi connectivity index (χ1) is 11.6. The van der Waals surface area contributed by atoms with Gasteiger partial charge in [0.15, 0.2) is 0 Å². The van der Waals surface area contributed by atoms with Gasteiger partial charge in [-0.1, -0.05) is 0 Å². The van der Waals surface area contributed by atoms with Crippen molar-refractivity contribution in [3.05, 3.63) is 0 Å². The lowest BCUT2D eigenvalue weighted by Crippen LogP contribution is -2.42. The number of carboxylic acids is 1. The number of hydrogen-bond acceptors (Lipinski definition) is 3. The lowest BCUT2D eigenvalue weighted by Gasteiger charge is -2.36. The Morgan fingerprint density at radius 3 is 2.04 bits per heavy atom. The van der Waals surface area contributed by atoms with Gasteiger partial charge in [0, 0.05) is 19.3 Å². The maximum absolute atomic E-state index is 13.4. The number of esters is 1. The normalized spacial score (nSPS) is 21.1. The molecular weight excluding hydrogens is 363 g/mol. The Bertz CT molecular complexity index is 500. The van der Waals surface area contributed by atoms with Crippen LogP contribution < -0.4 is 0 Å². The molecule has 1 N–H and O–H groups in total. The number of carbonyl (C=O) groups excluding carboxylic acids is 1. The van der Waals surface area contributed by atoms with Crippen molar-refractivity contribution in [2.75, 3.05) is 0 Å². The molecule has 0 aromatic rings. The van der Waals surface area contributed by atoms with Crippen LogP contribution in [0, 0.1) is 17.8 Å². The van der Waals surface area contributed by atoms with Crippen LogP contribution >= 0.6 is 0 Å². The van der Waals surface area contributed by atoms with E-state index in [9.17, 15) is 36.6 Å². The Hall–Kier alpha value is -1.41. The zero-order valence-electron chi connectivity index (χ0n) is 15.0. The largest absolute Gasteiger partial charge is 0.481 e. The summed E-state index contributed by atoms with van der Waals surface area (Å²) in [6, 6.07) is 0. The highest BCUT2D eigenvalue weighted by Gasteiger charge is 2.47. The third-order valence-electron chi connectivity index (χ3n) is 4.44. The van der Waals surface area contributed by atoms with E-state index in [1.54, 1.807) is 20.8 Å². The summed E-state index contributed by atoms with van der Waals surface area (Å²) >= 11 is 0. The van der Waals surface area contributed by atoms with E-state index in [0.717, 1.165) is 0 Å². The molecule has 1 fully saturated rings. The number of carbonyl (C=O) groups is 2. The van der Waals surface area contributed by atoms with E-state index < -0.39 is 73.1 Å². The van der Waals surface area contributed by atoms with E-state index in [4.69, 9.17) is 4.74 Å². The van der Waals surface area contributed by atoms with Crippen molar-refractivity contribution in [1.82, 2.24) is 0 Å². The molecule has 0 aromatic heterocycles. The number of ether oxygens (including phenoxy) is 1. The van der Waals surface area contributed by atoms with E-state index in [-0.39, 0.29) is 12.8 Å². The quantitative estimate of drug-likeness (QED) is 0.524. The zero-order valence-corrected chi connectivity index (χ0v) is 15.0. The van der Waals surface area contributed by atoms with Crippen LogP contribution in [0.15, 0.2) is 0 Å². The van der Waals surface area contributed by atoms with Gasteiger partial charge in [0.2, 0.25) is 5.92 Å². The SMILES string of the molecule is CC(C)(C)OC(=O)C(C1CCC(F)(F)CC1)C(CCC(F)(F)F)C(=O)O. The van der Waals surface area contributed by atoms with Crippen LogP contribution in [-0.2, 0) is 14.3 Å². The Labute approximate surface area is 149 Å². The third-order valence-corrected chi connectivity index (χ3v) is 4.44. The van der Waals surface area contributed by atoms with Crippen molar-refractivity contribution in [2.24, 2.45) is 17.8 Å². The average Bonchev–Trinajstić information content (AvgIpc) is 2.40. The van der Waals surface area contributed by atoms with Crippen molar-refractivity contribution >= 4 is 11.9 Å². The Morgan fingerprint density at radius 2 is 1.65 bits per heavy atom. The molecule has 0 spiro atoms. The Kier molecular flexibility index (Phi) is 7.04. The second-order valence-electron chi connectivity index (χ2n) is 7.85. The lowest BCUT2D eigenvalue weighted by atomic mass is 9.72. The first-order valence-electron chi connectivity index (χ1n) is 8.51.